The van der Waals surface area contributed by atoms with Crippen LogP contribution < -0.4 is 0 Å². The lowest BCUT2D eigenvalue weighted by Crippen LogP contribution is -2.44. The Bertz CT molecular complexity index is 534. The zero-order valence-corrected chi connectivity index (χ0v) is 17.7. The zero-order valence-electron chi connectivity index (χ0n) is 18.7. The molecule has 0 heteroatoms. The third-order valence-corrected chi connectivity index (χ3v) is 10.0. The first-order valence-corrected chi connectivity index (χ1v) is 11.5. The summed E-state index contributed by atoms with van der Waals surface area (Å²) in [6.45, 7) is 12.6. The average Bonchev–Trinajstić information content (AvgIpc) is 3.22. The van der Waals surface area contributed by atoms with Crippen molar-refractivity contribution in [1.82, 2.24) is 0 Å². The van der Waals surface area contributed by atoms with E-state index in [1.165, 1.54) is 77.0 Å². The molecule has 4 saturated carbocycles. The molecule has 0 aromatic rings. The van der Waals surface area contributed by atoms with E-state index in [0.717, 1.165) is 5.92 Å². The van der Waals surface area contributed by atoms with Gasteiger partial charge >= 0.3 is 0 Å². The standard InChI is InChI=1S/C25H43/c1-6-25(13-8-7-9-14-25)17-24(5)19(3)23(4)15-21(22(24)16-23)20-12-10-11-18(20)2/h18,20-22H,6-17H2,1-5H3/t18?,20?,21?,22-,23-,24?/m1/s1/i20D. The summed E-state index contributed by atoms with van der Waals surface area (Å²) in [6, 6.07) is 0. The van der Waals surface area contributed by atoms with Gasteiger partial charge < -0.3 is 0 Å². The first kappa shape index (κ1) is 17.1. The van der Waals surface area contributed by atoms with E-state index in [1.807, 2.05) is 5.92 Å². The van der Waals surface area contributed by atoms with Crippen LogP contribution in [0, 0.1) is 45.8 Å². The highest BCUT2D eigenvalue weighted by atomic mass is 14.7. The van der Waals surface area contributed by atoms with Gasteiger partial charge in [-0.25, -0.2) is 0 Å². The number of fused-ring (bicyclic) bond motifs is 2. The van der Waals surface area contributed by atoms with Crippen LogP contribution in [-0.2, 0) is 0 Å². The molecule has 143 valence electrons. The minimum absolute atomic E-state index is 0.129. The van der Waals surface area contributed by atoms with E-state index in [-0.39, 0.29) is 5.89 Å². The Morgan fingerprint density at radius 3 is 2.32 bits per heavy atom. The van der Waals surface area contributed by atoms with Gasteiger partial charge in [0.05, 0.1) is 0 Å². The molecular formula is C25H43. The normalized spacial score (nSPS) is 53.3. The van der Waals surface area contributed by atoms with Crippen molar-refractivity contribution in [1.29, 1.82) is 0 Å². The molecule has 0 saturated heterocycles. The van der Waals surface area contributed by atoms with Crippen molar-refractivity contribution in [2.75, 3.05) is 0 Å². The van der Waals surface area contributed by atoms with Gasteiger partial charge in [-0.2, -0.15) is 0 Å². The summed E-state index contributed by atoms with van der Waals surface area (Å²) >= 11 is 0. The Morgan fingerprint density at radius 1 is 1.04 bits per heavy atom. The molecular weight excluding hydrogens is 300 g/mol. The number of hydrogen-bond acceptors (Lipinski definition) is 0. The van der Waals surface area contributed by atoms with E-state index in [9.17, 15) is 1.37 Å². The fourth-order valence-electron chi connectivity index (χ4n) is 8.27. The van der Waals surface area contributed by atoms with Gasteiger partial charge in [0, 0.05) is 1.37 Å². The van der Waals surface area contributed by atoms with Crippen LogP contribution in [0.4, 0.5) is 0 Å². The maximum Gasteiger partial charge on any atom is 0.0308 e. The summed E-state index contributed by atoms with van der Waals surface area (Å²) in [4.78, 5) is 0. The van der Waals surface area contributed by atoms with Gasteiger partial charge in [0.2, 0.25) is 0 Å². The van der Waals surface area contributed by atoms with Crippen LogP contribution >= 0.6 is 0 Å². The predicted molar refractivity (Wildman–Crippen MR) is 108 cm³/mol. The van der Waals surface area contributed by atoms with Crippen molar-refractivity contribution in [3.05, 3.63) is 5.92 Å². The fraction of sp³-hybridized carbons (Fsp3) is 0.960. The van der Waals surface area contributed by atoms with Crippen molar-refractivity contribution in [2.45, 2.75) is 112 Å². The average molecular weight is 345 g/mol. The van der Waals surface area contributed by atoms with Crippen molar-refractivity contribution >= 4 is 0 Å². The van der Waals surface area contributed by atoms with E-state index in [2.05, 4.69) is 34.6 Å². The van der Waals surface area contributed by atoms with Crippen LogP contribution in [0.25, 0.3) is 0 Å². The Hall–Kier alpha value is 0. The summed E-state index contributed by atoms with van der Waals surface area (Å²) in [5.74, 6) is 3.72. The minimum atomic E-state index is -0.129. The summed E-state index contributed by atoms with van der Waals surface area (Å²) < 4.78 is 9.47. The van der Waals surface area contributed by atoms with Gasteiger partial charge in [0.15, 0.2) is 0 Å². The van der Waals surface area contributed by atoms with Gasteiger partial charge in [-0.3, -0.25) is 0 Å². The van der Waals surface area contributed by atoms with Gasteiger partial charge in [-0.1, -0.05) is 73.1 Å². The van der Waals surface area contributed by atoms with E-state index in [1.54, 1.807) is 0 Å². The second kappa shape index (κ2) is 6.27. The van der Waals surface area contributed by atoms with E-state index in [4.69, 9.17) is 0 Å². The Morgan fingerprint density at radius 2 is 1.76 bits per heavy atom. The molecule has 0 heterocycles. The maximum absolute atomic E-state index is 9.47. The summed E-state index contributed by atoms with van der Waals surface area (Å²) in [6.07, 6.45) is 16.5. The van der Waals surface area contributed by atoms with E-state index < -0.39 is 0 Å². The molecule has 25 heavy (non-hydrogen) atoms. The largest absolute Gasteiger partial charge is 0.0649 e. The maximum atomic E-state index is 9.47. The SMILES string of the molecule is [2H]C1(C2C[C@]3(C)C[C@H]2C(C)(CC2(CC)CCCCC2)[C]3C)CCCC1C. The molecule has 0 amide bonds. The lowest BCUT2D eigenvalue weighted by molar-refractivity contribution is 0.0186. The fourth-order valence-corrected chi connectivity index (χ4v) is 8.27. The monoisotopic (exact) mass is 344 g/mol. The molecule has 4 aliphatic carbocycles. The third kappa shape index (κ3) is 2.75. The van der Waals surface area contributed by atoms with Gasteiger partial charge in [0.1, 0.15) is 0 Å². The van der Waals surface area contributed by atoms with Crippen LogP contribution in [0.2, 0.25) is 0 Å². The summed E-state index contributed by atoms with van der Waals surface area (Å²) in [5, 5.41) is 0. The third-order valence-electron chi connectivity index (χ3n) is 10.0. The highest BCUT2D eigenvalue weighted by Crippen LogP contribution is 2.74. The predicted octanol–water partition coefficient (Wildman–Crippen LogP) is 7.82. The number of rotatable bonds is 4. The Balaban J connectivity index is 1.65. The molecule has 0 nitrogen and oxygen atoms in total. The molecule has 0 aliphatic heterocycles. The summed E-state index contributed by atoms with van der Waals surface area (Å²) in [5.41, 5.74) is 1.40. The molecule has 0 N–H and O–H groups in total. The molecule has 1 radical (unpaired) electrons. The van der Waals surface area contributed by atoms with Crippen LogP contribution in [0.15, 0.2) is 0 Å². The van der Waals surface area contributed by atoms with E-state index in [0.29, 0.717) is 28.1 Å². The van der Waals surface area contributed by atoms with E-state index >= 15 is 0 Å². The van der Waals surface area contributed by atoms with Crippen LogP contribution in [0.3, 0.4) is 0 Å². The molecule has 6 atom stereocenters. The first-order chi connectivity index (χ1) is 12.2. The lowest BCUT2D eigenvalue weighted by Gasteiger charge is -2.53. The zero-order chi connectivity index (χ0) is 18.8. The minimum Gasteiger partial charge on any atom is -0.0649 e. The second-order valence-electron chi connectivity index (χ2n) is 11.2. The van der Waals surface area contributed by atoms with Crippen LogP contribution in [0.1, 0.15) is 113 Å². The van der Waals surface area contributed by atoms with Gasteiger partial charge in [-0.05, 0) is 84.3 Å². The van der Waals surface area contributed by atoms with Crippen molar-refractivity contribution in [2.24, 2.45) is 39.9 Å². The van der Waals surface area contributed by atoms with Crippen LogP contribution in [-0.4, -0.2) is 0 Å². The quantitative estimate of drug-likeness (QED) is 0.487. The van der Waals surface area contributed by atoms with Gasteiger partial charge in [-0.15, -0.1) is 0 Å². The topological polar surface area (TPSA) is 0 Å². The molecule has 0 aromatic carbocycles. The summed E-state index contributed by atoms with van der Waals surface area (Å²) in [7, 11) is 0. The Kier molecular flexibility index (Phi) is 4.29. The molecule has 4 fully saturated rings. The highest BCUT2D eigenvalue weighted by molar-refractivity contribution is 5.27. The molecule has 2 bridgehead atoms. The Labute approximate surface area is 159 Å². The first-order valence-electron chi connectivity index (χ1n) is 12.0. The lowest BCUT2D eigenvalue weighted by atomic mass is 9.52. The van der Waals surface area contributed by atoms with Gasteiger partial charge in [0.25, 0.3) is 0 Å². The molecule has 4 unspecified atom stereocenters. The molecule has 4 aliphatic rings. The number of hydrogen-bond donors (Lipinski definition) is 0. The van der Waals surface area contributed by atoms with Crippen molar-refractivity contribution in [3.63, 3.8) is 0 Å². The molecule has 4 rings (SSSR count). The smallest absolute Gasteiger partial charge is 0.0308 e. The molecule has 0 spiro atoms. The highest BCUT2D eigenvalue weighted by Gasteiger charge is 2.65. The second-order valence-corrected chi connectivity index (χ2v) is 11.2. The van der Waals surface area contributed by atoms with Crippen molar-refractivity contribution < 1.29 is 1.37 Å². The molecule has 0 aromatic heterocycles. The van der Waals surface area contributed by atoms with Crippen LogP contribution in [0.5, 0.6) is 0 Å². The van der Waals surface area contributed by atoms with Crippen molar-refractivity contribution in [3.8, 4) is 0 Å².